The first-order valence-corrected chi connectivity index (χ1v) is 12.2. The molecule has 8 heteroatoms. The predicted molar refractivity (Wildman–Crippen MR) is 134 cm³/mol. The normalized spacial score (nSPS) is 21.1. The minimum atomic E-state index is -1.54. The van der Waals surface area contributed by atoms with Gasteiger partial charge in [0.05, 0.1) is 18.6 Å². The Morgan fingerprint density at radius 1 is 1.03 bits per heavy atom. The Labute approximate surface area is 211 Å². The van der Waals surface area contributed by atoms with E-state index in [1.54, 1.807) is 11.0 Å². The highest BCUT2D eigenvalue weighted by molar-refractivity contribution is 6.10. The minimum absolute atomic E-state index is 0.0771. The van der Waals surface area contributed by atoms with E-state index >= 15 is 0 Å². The number of hydrogen-bond acceptors (Lipinski definition) is 5. The van der Waals surface area contributed by atoms with Crippen LogP contribution in [0.2, 0.25) is 0 Å². The molecule has 1 atom stereocenters. The van der Waals surface area contributed by atoms with Crippen LogP contribution >= 0.6 is 0 Å². The van der Waals surface area contributed by atoms with Gasteiger partial charge in [0.15, 0.2) is 0 Å². The van der Waals surface area contributed by atoms with E-state index in [-0.39, 0.29) is 37.5 Å². The van der Waals surface area contributed by atoms with Gasteiger partial charge >= 0.3 is 0 Å². The van der Waals surface area contributed by atoms with E-state index in [9.17, 15) is 18.8 Å². The van der Waals surface area contributed by atoms with Gasteiger partial charge in [-0.05, 0) is 11.6 Å². The van der Waals surface area contributed by atoms with E-state index in [1.165, 1.54) is 25.3 Å². The van der Waals surface area contributed by atoms with Crippen LogP contribution in [-0.4, -0.2) is 85.4 Å². The van der Waals surface area contributed by atoms with Gasteiger partial charge in [-0.2, -0.15) is 0 Å². The fraction of sp³-hybridized carbons (Fsp3) is 0.393. The highest BCUT2D eigenvalue weighted by Gasteiger charge is 2.55. The molecule has 2 saturated heterocycles. The summed E-state index contributed by atoms with van der Waals surface area (Å²) in [6.07, 6.45) is 3.72. The largest absolute Gasteiger partial charge is 0.383 e. The maximum atomic E-state index is 14.9. The maximum Gasteiger partial charge on any atom is 0.241 e. The Morgan fingerprint density at radius 2 is 1.72 bits per heavy atom. The molecule has 2 aliphatic rings. The first kappa shape index (κ1) is 25.7. The molecule has 1 unspecified atom stereocenters. The number of likely N-dealkylation sites (tertiary alicyclic amines) is 1. The second-order valence-electron chi connectivity index (χ2n) is 9.25. The maximum absolute atomic E-state index is 14.9. The summed E-state index contributed by atoms with van der Waals surface area (Å²) in [5.74, 6) is -1.78. The van der Waals surface area contributed by atoms with E-state index < -0.39 is 23.0 Å². The Kier molecular flexibility index (Phi) is 8.28. The second kappa shape index (κ2) is 11.6. The van der Waals surface area contributed by atoms with Crippen LogP contribution in [0.25, 0.3) is 6.08 Å². The Hall–Kier alpha value is -3.36. The summed E-state index contributed by atoms with van der Waals surface area (Å²) in [6, 6.07) is 16.0. The van der Waals surface area contributed by atoms with Crippen molar-refractivity contribution in [2.75, 3.05) is 53.0 Å². The number of ether oxygens (including phenoxy) is 1. The van der Waals surface area contributed by atoms with Crippen LogP contribution in [0, 0.1) is 5.82 Å². The standard InChI is InChI=1S/C28H32FN3O4/c1-36-19-18-32-26(34)21-28(27(32)35,23-11-5-6-12-24(23)29)20-25(33)31-16-14-30(15-17-31)13-7-10-22-8-3-2-4-9-22/h2-12H,13-21H2,1H3/b10-7+. The first-order chi connectivity index (χ1) is 17.4. The lowest BCUT2D eigenvalue weighted by Crippen LogP contribution is -2.51. The third-order valence-electron chi connectivity index (χ3n) is 6.97. The highest BCUT2D eigenvalue weighted by atomic mass is 19.1. The third kappa shape index (κ3) is 5.55. The molecule has 2 aromatic rings. The summed E-state index contributed by atoms with van der Waals surface area (Å²) >= 11 is 0. The molecule has 190 valence electrons. The van der Waals surface area contributed by atoms with Gasteiger partial charge in [0.25, 0.3) is 0 Å². The van der Waals surface area contributed by atoms with Gasteiger partial charge in [-0.25, -0.2) is 4.39 Å². The van der Waals surface area contributed by atoms with Crippen LogP contribution in [-0.2, 0) is 24.5 Å². The number of methoxy groups -OCH3 is 1. The molecule has 0 aromatic heterocycles. The van der Waals surface area contributed by atoms with Crippen LogP contribution in [0.4, 0.5) is 4.39 Å². The summed E-state index contributed by atoms with van der Waals surface area (Å²) < 4.78 is 19.9. The summed E-state index contributed by atoms with van der Waals surface area (Å²) in [6.45, 7) is 3.46. The van der Waals surface area contributed by atoms with Crippen molar-refractivity contribution in [1.82, 2.24) is 14.7 Å². The van der Waals surface area contributed by atoms with Gasteiger partial charge in [-0.15, -0.1) is 0 Å². The summed E-state index contributed by atoms with van der Waals surface area (Å²) in [5, 5.41) is 0. The molecule has 2 fully saturated rings. The Bertz CT molecular complexity index is 1110. The van der Waals surface area contributed by atoms with Crippen LogP contribution in [0.3, 0.4) is 0 Å². The van der Waals surface area contributed by atoms with Crippen LogP contribution in [0.15, 0.2) is 60.7 Å². The number of imide groups is 1. The number of piperazine rings is 1. The van der Waals surface area contributed by atoms with Gasteiger partial charge in [-0.1, -0.05) is 60.7 Å². The lowest BCUT2D eigenvalue weighted by molar-refractivity contribution is -0.143. The van der Waals surface area contributed by atoms with Gasteiger partial charge in [0.1, 0.15) is 5.82 Å². The summed E-state index contributed by atoms with van der Waals surface area (Å²) in [5.41, 5.74) is -0.301. The Balaban J connectivity index is 1.43. The highest BCUT2D eigenvalue weighted by Crippen LogP contribution is 2.41. The van der Waals surface area contributed by atoms with Crippen molar-refractivity contribution in [2.24, 2.45) is 0 Å². The molecule has 2 aliphatic heterocycles. The van der Waals surface area contributed by atoms with E-state index in [1.807, 2.05) is 30.3 Å². The summed E-state index contributed by atoms with van der Waals surface area (Å²) in [7, 11) is 1.48. The zero-order valence-electron chi connectivity index (χ0n) is 20.6. The monoisotopic (exact) mass is 493 g/mol. The molecule has 4 rings (SSSR count). The van der Waals surface area contributed by atoms with E-state index in [4.69, 9.17) is 4.74 Å². The molecule has 0 saturated carbocycles. The molecule has 0 N–H and O–H groups in total. The number of carbonyl (C=O) groups is 3. The number of amides is 3. The smallest absolute Gasteiger partial charge is 0.241 e. The SMILES string of the molecule is COCCN1C(=O)CC(CC(=O)N2CCN(C/C=C/c3ccccc3)CC2)(c2ccccc2F)C1=O. The Morgan fingerprint density at radius 3 is 2.42 bits per heavy atom. The summed E-state index contributed by atoms with van der Waals surface area (Å²) in [4.78, 5) is 44.7. The number of hydrogen-bond donors (Lipinski definition) is 0. The van der Waals surface area contributed by atoms with Crippen molar-refractivity contribution in [2.45, 2.75) is 18.3 Å². The van der Waals surface area contributed by atoms with Crippen LogP contribution in [0.1, 0.15) is 24.0 Å². The molecular weight excluding hydrogens is 461 g/mol. The van der Waals surface area contributed by atoms with Gasteiger partial charge in [0.2, 0.25) is 17.7 Å². The first-order valence-electron chi connectivity index (χ1n) is 12.2. The van der Waals surface area contributed by atoms with Crippen molar-refractivity contribution < 1.29 is 23.5 Å². The molecule has 0 radical (unpaired) electrons. The van der Waals surface area contributed by atoms with Crippen molar-refractivity contribution in [3.8, 4) is 0 Å². The molecule has 2 aromatic carbocycles. The number of benzene rings is 2. The van der Waals surface area contributed by atoms with Gasteiger partial charge in [-0.3, -0.25) is 24.2 Å². The molecule has 2 heterocycles. The average molecular weight is 494 g/mol. The zero-order valence-corrected chi connectivity index (χ0v) is 20.6. The zero-order chi connectivity index (χ0) is 25.5. The average Bonchev–Trinajstić information content (AvgIpc) is 3.13. The molecule has 0 spiro atoms. The number of carbonyl (C=O) groups excluding carboxylic acids is 3. The molecule has 0 aliphatic carbocycles. The van der Waals surface area contributed by atoms with Crippen LogP contribution < -0.4 is 0 Å². The molecule has 7 nitrogen and oxygen atoms in total. The third-order valence-corrected chi connectivity index (χ3v) is 6.97. The van der Waals surface area contributed by atoms with Crippen molar-refractivity contribution in [3.05, 3.63) is 77.6 Å². The number of nitrogens with zero attached hydrogens (tertiary/aromatic N) is 3. The molecular formula is C28H32FN3O4. The van der Waals surface area contributed by atoms with Crippen molar-refractivity contribution in [1.29, 1.82) is 0 Å². The van der Waals surface area contributed by atoms with E-state index in [0.29, 0.717) is 26.2 Å². The topological polar surface area (TPSA) is 70.2 Å². The van der Waals surface area contributed by atoms with Gasteiger partial charge in [0, 0.05) is 58.2 Å². The quantitative estimate of drug-likeness (QED) is 0.503. The van der Waals surface area contributed by atoms with E-state index in [2.05, 4.69) is 17.1 Å². The predicted octanol–water partition coefficient (Wildman–Crippen LogP) is 2.72. The van der Waals surface area contributed by atoms with E-state index in [0.717, 1.165) is 17.0 Å². The fourth-order valence-corrected chi connectivity index (χ4v) is 4.95. The molecule has 36 heavy (non-hydrogen) atoms. The lowest BCUT2D eigenvalue weighted by atomic mass is 9.75. The lowest BCUT2D eigenvalue weighted by Gasteiger charge is -2.36. The van der Waals surface area contributed by atoms with Crippen molar-refractivity contribution >= 4 is 23.8 Å². The fourth-order valence-electron chi connectivity index (χ4n) is 4.95. The van der Waals surface area contributed by atoms with Crippen LogP contribution in [0.5, 0.6) is 0 Å². The number of rotatable bonds is 9. The minimum Gasteiger partial charge on any atom is -0.383 e. The number of halogens is 1. The van der Waals surface area contributed by atoms with Gasteiger partial charge < -0.3 is 9.64 Å². The molecule has 0 bridgehead atoms. The second-order valence-corrected chi connectivity index (χ2v) is 9.25. The molecule has 3 amide bonds. The van der Waals surface area contributed by atoms with Crippen molar-refractivity contribution in [3.63, 3.8) is 0 Å².